The van der Waals surface area contributed by atoms with Gasteiger partial charge in [0, 0.05) is 12.3 Å². The number of thiol groups is 1. The normalized spacial score (nSPS) is 46.2. The maximum absolute atomic E-state index is 11.7. The molecule has 5 unspecified atom stereocenters. The van der Waals surface area contributed by atoms with Gasteiger partial charge in [-0.15, -0.1) is 0 Å². The molecule has 4 aliphatic carbocycles. The molecule has 0 aromatic rings. The molecule has 0 radical (unpaired) electrons. The Morgan fingerprint density at radius 1 is 1.20 bits per heavy atom. The third kappa shape index (κ3) is 3.52. The molecule has 1 N–H and O–H groups in total. The van der Waals surface area contributed by atoms with Gasteiger partial charge in [-0.2, -0.15) is 0 Å². The summed E-state index contributed by atoms with van der Waals surface area (Å²) in [5.74, 6) is 3.50. The lowest BCUT2D eigenvalue weighted by molar-refractivity contribution is -0.141. The molecule has 4 rings (SSSR count). The zero-order chi connectivity index (χ0) is 21.7. The van der Waals surface area contributed by atoms with Gasteiger partial charge in [-0.1, -0.05) is 20.8 Å². The summed E-state index contributed by atoms with van der Waals surface area (Å²) in [5.41, 5.74) is 0.517. The van der Waals surface area contributed by atoms with Crippen LogP contribution in [-0.2, 0) is 13.7 Å². The molecule has 170 valence electrons. The van der Waals surface area contributed by atoms with Crippen molar-refractivity contribution in [3.8, 4) is 0 Å². The Balaban J connectivity index is 1.55. The van der Waals surface area contributed by atoms with Crippen molar-refractivity contribution in [3.63, 3.8) is 0 Å². The lowest BCUT2D eigenvalue weighted by atomic mass is 9.46. The van der Waals surface area contributed by atoms with Crippen LogP contribution in [0, 0.1) is 46.3 Å². The van der Waals surface area contributed by atoms with Crippen LogP contribution < -0.4 is 0 Å². The van der Waals surface area contributed by atoms with E-state index >= 15 is 0 Å². The molecule has 5 heteroatoms. The Labute approximate surface area is 187 Å². The quantitative estimate of drug-likeness (QED) is 0.309. The Morgan fingerprint density at radius 3 is 2.60 bits per heavy atom. The van der Waals surface area contributed by atoms with E-state index in [1.807, 2.05) is 0 Å². The third-order valence-corrected chi connectivity index (χ3v) is 10.4. The lowest BCUT2D eigenvalue weighted by Gasteiger charge is -2.59. The Hall–Kier alpha value is -0.680. The number of hydrogen-bond donors (Lipinski definition) is 2. The molecule has 0 aliphatic heterocycles. The largest absolute Gasteiger partial charge is 0.512 e. The van der Waals surface area contributed by atoms with E-state index in [1.54, 1.807) is 0 Å². The molecule has 3 saturated carbocycles. The molecule has 4 nitrogen and oxygen atoms in total. The molecule has 9 atom stereocenters. The smallest absolute Gasteiger partial charge is 0.305 e. The fourth-order valence-electron chi connectivity index (χ4n) is 8.38. The molecule has 0 bridgehead atoms. The van der Waals surface area contributed by atoms with E-state index in [0.29, 0.717) is 47.7 Å². The Kier molecular flexibility index (Phi) is 6.26. The van der Waals surface area contributed by atoms with Gasteiger partial charge in [0.25, 0.3) is 0 Å². The SMILES string of the molecule is COC(=O)CC[C@@H](C)C1CCC2C3C(O)=CC4C[C@H](OS)CC[C@]4(C)C3CC[C@@]21C. The molecular weight excluding hydrogens is 396 g/mol. The number of methoxy groups -OCH3 is 1. The minimum atomic E-state index is -0.0992. The summed E-state index contributed by atoms with van der Waals surface area (Å²) in [5, 5.41) is 11.3. The van der Waals surface area contributed by atoms with Crippen LogP contribution in [0.2, 0.25) is 0 Å². The van der Waals surface area contributed by atoms with Gasteiger partial charge in [-0.3, -0.25) is 4.79 Å². The average Bonchev–Trinajstić information content (AvgIpc) is 3.09. The third-order valence-electron chi connectivity index (χ3n) is 10.1. The van der Waals surface area contributed by atoms with Gasteiger partial charge < -0.3 is 14.0 Å². The van der Waals surface area contributed by atoms with Crippen LogP contribution in [0.15, 0.2) is 11.8 Å². The monoisotopic (exact) mass is 436 g/mol. The predicted molar refractivity (Wildman–Crippen MR) is 121 cm³/mol. The molecule has 0 saturated heterocycles. The van der Waals surface area contributed by atoms with Crippen molar-refractivity contribution >= 4 is 18.9 Å². The van der Waals surface area contributed by atoms with Gasteiger partial charge in [0.15, 0.2) is 0 Å². The molecule has 4 aliphatic rings. The Morgan fingerprint density at radius 2 is 1.90 bits per heavy atom. The number of carbonyl (C=O) groups is 1. The van der Waals surface area contributed by atoms with E-state index in [2.05, 4.69) is 39.8 Å². The summed E-state index contributed by atoms with van der Waals surface area (Å²) in [6.07, 6.45) is 11.9. The zero-order valence-electron chi connectivity index (χ0n) is 19.1. The lowest BCUT2D eigenvalue weighted by Crippen LogP contribution is -2.53. The minimum absolute atomic E-state index is 0.0992. The highest BCUT2D eigenvalue weighted by Gasteiger charge is 2.61. The first-order chi connectivity index (χ1) is 14.2. The molecular formula is C25H40O4S. The zero-order valence-corrected chi connectivity index (χ0v) is 20.0. The van der Waals surface area contributed by atoms with E-state index in [9.17, 15) is 9.90 Å². The number of hydrogen-bond acceptors (Lipinski definition) is 5. The van der Waals surface area contributed by atoms with Crippen LogP contribution in [0.1, 0.15) is 78.6 Å². The van der Waals surface area contributed by atoms with E-state index in [1.165, 1.54) is 32.8 Å². The van der Waals surface area contributed by atoms with Gasteiger partial charge in [0.05, 0.1) is 19.0 Å². The van der Waals surface area contributed by atoms with Gasteiger partial charge in [0.2, 0.25) is 0 Å². The standard InChI is InChI=1S/C25H40O4S/c1-15(5-8-22(27)28-4)18-6-7-19-23-20(10-12-25(18,19)3)24(2)11-9-17(29-30)13-16(24)14-21(23)26/h14-20,23,26,30H,5-13H2,1-4H3/t15-,16?,17-,18?,19?,20?,23?,24+,25-/m1/s1. The van der Waals surface area contributed by atoms with Crippen LogP contribution in [0.5, 0.6) is 0 Å². The summed E-state index contributed by atoms with van der Waals surface area (Å²) in [6.45, 7) is 7.27. The highest BCUT2D eigenvalue weighted by molar-refractivity contribution is 7.75. The van der Waals surface area contributed by atoms with Crippen molar-refractivity contribution in [1.29, 1.82) is 0 Å². The van der Waals surface area contributed by atoms with E-state index in [-0.39, 0.29) is 22.9 Å². The maximum atomic E-state index is 11.7. The first-order valence-electron chi connectivity index (χ1n) is 12.0. The van der Waals surface area contributed by atoms with Crippen LogP contribution in [-0.4, -0.2) is 24.3 Å². The summed E-state index contributed by atoms with van der Waals surface area (Å²) in [4.78, 5) is 11.7. The van der Waals surface area contributed by atoms with E-state index < -0.39 is 0 Å². The first kappa shape index (κ1) is 22.5. The fraction of sp³-hybridized carbons (Fsp3) is 0.880. The average molecular weight is 437 g/mol. The number of allylic oxidation sites excluding steroid dienone is 2. The molecule has 0 aromatic carbocycles. The molecule has 0 spiro atoms. The molecule has 3 fully saturated rings. The molecule has 0 aromatic heterocycles. The topological polar surface area (TPSA) is 55.8 Å². The summed E-state index contributed by atoms with van der Waals surface area (Å²) < 4.78 is 10.2. The van der Waals surface area contributed by atoms with Gasteiger partial charge in [-0.05, 0) is 111 Å². The van der Waals surface area contributed by atoms with Crippen molar-refractivity contribution in [2.45, 2.75) is 84.7 Å². The number of aliphatic hydroxyl groups excluding tert-OH is 1. The van der Waals surface area contributed by atoms with E-state index in [4.69, 9.17) is 8.92 Å². The second kappa shape index (κ2) is 8.35. The second-order valence-corrected chi connectivity index (χ2v) is 11.5. The first-order valence-corrected chi connectivity index (χ1v) is 12.4. The fourth-order valence-corrected chi connectivity index (χ4v) is 8.57. The van der Waals surface area contributed by atoms with Crippen molar-refractivity contribution in [1.82, 2.24) is 0 Å². The van der Waals surface area contributed by atoms with Crippen LogP contribution in [0.25, 0.3) is 0 Å². The van der Waals surface area contributed by atoms with Crippen molar-refractivity contribution in [2.75, 3.05) is 7.11 Å². The van der Waals surface area contributed by atoms with Crippen LogP contribution >= 0.6 is 12.9 Å². The van der Waals surface area contributed by atoms with Crippen molar-refractivity contribution in [2.24, 2.45) is 46.3 Å². The molecule has 0 amide bonds. The number of carbonyl (C=O) groups excluding carboxylic acids is 1. The van der Waals surface area contributed by atoms with E-state index in [0.717, 1.165) is 25.7 Å². The van der Waals surface area contributed by atoms with Crippen molar-refractivity contribution < 1.29 is 18.8 Å². The van der Waals surface area contributed by atoms with Gasteiger partial charge >= 0.3 is 5.97 Å². The maximum Gasteiger partial charge on any atom is 0.305 e. The van der Waals surface area contributed by atoms with Crippen LogP contribution in [0.3, 0.4) is 0 Å². The van der Waals surface area contributed by atoms with Crippen LogP contribution in [0.4, 0.5) is 0 Å². The number of esters is 1. The van der Waals surface area contributed by atoms with Gasteiger partial charge in [0.1, 0.15) is 0 Å². The number of ether oxygens (including phenoxy) is 1. The molecule has 30 heavy (non-hydrogen) atoms. The summed E-state index contributed by atoms with van der Waals surface area (Å²) in [7, 11) is 1.48. The number of rotatable bonds is 5. The number of aliphatic hydroxyl groups is 1. The highest BCUT2D eigenvalue weighted by atomic mass is 32.1. The highest BCUT2D eigenvalue weighted by Crippen LogP contribution is 2.68. The van der Waals surface area contributed by atoms with Crippen molar-refractivity contribution in [3.05, 3.63) is 11.8 Å². The minimum Gasteiger partial charge on any atom is -0.512 e. The molecule has 0 heterocycles. The number of fused-ring (bicyclic) bond motifs is 5. The predicted octanol–water partition coefficient (Wildman–Crippen LogP) is 6.13. The Bertz CT molecular complexity index is 693. The van der Waals surface area contributed by atoms with Gasteiger partial charge in [-0.25, -0.2) is 0 Å². The summed E-state index contributed by atoms with van der Waals surface area (Å²) in [6, 6.07) is 0. The second-order valence-electron chi connectivity index (χ2n) is 11.3. The summed E-state index contributed by atoms with van der Waals surface area (Å²) >= 11 is 4.08.